The van der Waals surface area contributed by atoms with Crippen molar-refractivity contribution in [3.8, 4) is 11.1 Å². The molecule has 0 aliphatic carbocycles. The van der Waals surface area contributed by atoms with E-state index in [2.05, 4.69) is 0 Å². The minimum Gasteiger partial charge on any atom is -0.469 e. The zero-order valence-electron chi connectivity index (χ0n) is 22.6. The van der Waals surface area contributed by atoms with Gasteiger partial charge in [-0.25, -0.2) is 4.79 Å². The van der Waals surface area contributed by atoms with Gasteiger partial charge in [0.15, 0.2) is 0 Å². The van der Waals surface area contributed by atoms with Crippen molar-refractivity contribution in [3.05, 3.63) is 94.5 Å². The van der Waals surface area contributed by atoms with Crippen LogP contribution in [0.15, 0.2) is 72.8 Å². The fourth-order valence-corrected chi connectivity index (χ4v) is 4.30. The SMILES string of the molecule is COC(=O)Cc1ccc(-c2ccc(C[C@@H](C)N(C[C@H](O)c3cccc(Cl)c3)C(=O)OC(C)(C)C)cc2)cc1. The van der Waals surface area contributed by atoms with Crippen LogP contribution >= 0.6 is 11.6 Å². The van der Waals surface area contributed by atoms with Crippen molar-refractivity contribution in [1.29, 1.82) is 0 Å². The summed E-state index contributed by atoms with van der Waals surface area (Å²) in [5.74, 6) is -0.267. The monoisotopic (exact) mass is 537 g/mol. The van der Waals surface area contributed by atoms with Gasteiger partial charge in [-0.2, -0.15) is 0 Å². The first-order chi connectivity index (χ1) is 17.9. The summed E-state index contributed by atoms with van der Waals surface area (Å²) in [6, 6.07) is 22.7. The van der Waals surface area contributed by atoms with Gasteiger partial charge in [0.2, 0.25) is 0 Å². The van der Waals surface area contributed by atoms with Gasteiger partial charge < -0.3 is 19.5 Å². The molecule has 3 aromatic carbocycles. The molecule has 0 radical (unpaired) electrons. The van der Waals surface area contributed by atoms with E-state index in [0.717, 1.165) is 22.3 Å². The van der Waals surface area contributed by atoms with E-state index in [1.807, 2.05) is 76.2 Å². The van der Waals surface area contributed by atoms with Crippen molar-refractivity contribution >= 4 is 23.7 Å². The van der Waals surface area contributed by atoms with E-state index in [4.69, 9.17) is 21.1 Å². The van der Waals surface area contributed by atoms with Crippen molar-refractivity contribution in [2.45, 2.75) is 58.3 Å². The standard InChI is InChI=1S/C31H36ClNO5/c1-21(33(30(36)38-31(2,3)4)20-28(34)26-7-6-8-27(32)19-26)17-22-9-13-24(14-10-22)25-15-11-23(12-16-25)18-29(35)37-5/h6-16,19,21,28,34H,17-18,20H2,1-5H3/t21-,28+/m1/s1. The molecule has 0 aromatic heterocycles. The Bertz CT molecular complexity index is 1220. The number of aliphatic hydroxyl groups is 1. The molecule has 0 unspecified atom stereocenters. The molecule has 1 amide bonds. The Hall–Kier alpha value is -3.35. The van der Waals surface area contributed by atoms with E-state index in [9.17, 15) is 14.7 Å². The van der Waals surface area contributed by atoms with Crippen LogP contribution in [-0.2, 0) is 27.1 Å². The number of benzene rings is 3. The molecule has 0 aliphatic rings. The van der Waals surface area contributed by atoms with Crippen LogP contribution < -0.4 is 0 Å². The number of halogens is 1. The van der Waals surface area contributed by atoms with Crippen molar-refractivity contribution in [2.75, 3.05) is 13.7 Å². The number of hydrogen-bond donors (Lipinski definition) is 1. The van der Waals surface area contributed by atoms with Crippen molar-refractivity contribution in [2.24, 2.45) is 0 Å². The molecule has 2 atom stereocenters. The largest absolute Gasteiger partial charge is 0.469 e. The molecular weight excluding hydrogens is 502 g/mol. The van der Waals surface area contributed by atoms with Crippen LogP contribution in [0.3, 0.4) is 0 Å². The number of nitrogens with zero attached hydrogens (tertiary/aromatic N) is 1. The highest BCUT2D eigenvalue weighted by molar-refractivity contribution is 6.30. The number of ether oxygens (including phenoxy) is 2. The van der Waals surface area contributed by atoms with Gasteiger partial charge in [-0.15, -0.1) is 0 Å². The fraction of sp³-hybridized carbons (Fsp3) is 0.355. The van der Waals surface area contributed by atoms with Gasteiger partial charge >= 0.3 is 12.1 Å². The van der Waals surface area contributed by atoms with Crippen LogP contribution in [0.2, 0.25) is 5.02 Å². The summed E-state index contributed by atoms with van der Waals surface area (Å²) in [5, 5.41) is 11.4. The molecule has 0 saturated heterocycles. The minimum absolute atomic E-state index is 0.0758. The summed E-state index contributed by atoms with van der Waals surface area (Å²) in [7, 11) is 1.38. The number of hydrogen-bond acceptors (Lipinski definition) is 5. The molecule has 0 aliphatic heterocycles. The second kappa shape index (κ2) is 12.9. The normalized spacial score (nSPS) is 12.9. The van der Waals surface area contributed by atoms with Gasteiger partial charge in [-0.05, 0) is 74.1 Å². The predicted octanol–water partition coefficient (Wildman–Crippen LogP) is 6.62. The quantitative estimate of drug-likeness (QED) is 0.310. The molecule has 0 heterocycles. The van der Waals surface area contributed by atoms with Crippen molar-refractivity contribution in [1.82, 2.24) is 4.90 Å². The molecule has 1 N–H and O–H groups in total. The minimum atomic E-state index is -0.909. The lowest BCUT2D eigenvalue weighted by atomic mass is 9.99. The summed E-state index contributed by atoms with van der Waals surface area (Å²) in [6.07, 6.45) is -0.559. The Kier molecular flexibility index (Phi) is 9.95. The van der Waals surface area contributed by atoms with E-state index in [1.54, 1.807) is 29.2 Å². The molecule has 0 spiro atoms. The molecule has 3 aromatic rings. The molecule has 6 nitrogen and oxygen atoms in total. The first kappa shape index (κ1) is 29.2. The third kappa shape index (κ3) is 8.61. The summed E-state index contributed by atoms with van der Waals surface area (Å²) in [5.41, 5.74) is 4.01. The lowest BCUT2D eigenvalue weighted by molar-refractivity contribution is -0.139. The van der Waals surface area contributed by atoms with E-state index in [0.29, 0.717) is 17.0 Å². The first-order valence-corrected chi connectivity index (χ1v) is 13.0. The van der Waals surface area contributed by atoms with Crippen LogP contribution in [0.5, 0.6) is 0 Å². The summed E-state index contributed by atoms with van der Waals surface area (Å²) < 4.78 is 10.4. The van der Waals surface area contributed by atoms with Crippen molar-refractivity contribution in [3.63, 3.8) is 0 Å². The van der Waals surface area contributed by atoms with Gasteiger partial charge in [0.05, 0.1) is 26.2 Å². The third-order valence-electron chi connectivity index (χ3n) is 6.11. The maximum absolute atomic E-state index is 13.1. The van der Waals surface area contributed by atoms with Crippen molar-refractivity contribution < 1.29 is 24.2 Å². The molecule has 7 heteroatoms. The number of aliphatic hydroxyl groups excluding tert-OH is 1. The average Bonchev–Trinajstić information content (AvgIpc) is 2.86. The zero-order valence-corrected chi connectivity index (χ0v) is 23.4. The smallest absolute Gasteiger partial charge is 0.410 e. The maximum Gasteiger partial charge on any atom is 0.410 e. The fourth-order valence-electron chi connectivity index (χ4n) is 4.10. The molecule has 202 valence electrons. The number of rotatable bonds is 9. The summed E-state index contributed by atoms with van der Waals surface area (Å²) in [4.78, 5) is 26.2. The molecule has 3 rings (SSSR count). The van der Waals surface area contributed by atoms with Crippen LogP contribution in [0, 0.1) is 0 Å². The van der Waals surface area contributed by atoms with E-state index in [-0.39, 0.29) is 25.0 Å². The molecule has 0 bridgehead atoms. The first-order valence-electron chi connectivity index (χ1n) is 12.6. The van der Waals surface area contributed by atoms with Crippen LogP contribution in [-0.4, -0.2) is 47.4 Å². The second-order valence-corrected chi connectivity index (χ2v) is 10.8. The van der Waals surface area contributed by atoms with E-state index in [1.165, 1.54) is 7.11 Å². The van der Waals surface area contributed by atoms with Gasteiger partial charge in [0, 0.05) is 11.1 Å². The predicted molar refractivity (Wildman–Crippen MR) is 150 cm³/mol. The van der Waals surface area contributed by atoms with Gasteiger partial charge in [0.1, 0.15) is 5.60 Å². The average molecular weight is 538 g/mol. The number of esters is 1. The summed E-state index contributed by atoms with van der Waals surface area (Å²) in [6.45, 7) is 7.49. The van der Waals surface area contributed by atoms with Gasteiger partial charge in [-0.1, -0.05) is 72.3 Å². The Morgan fingerprint density at radius 3 is 2.05 bits per heavy atom. The number of carbonyl (C=O) groups excluding carboxylic acids is 2. The highest BCUT2D eigenvalue weighted by Crippen LogP contribution is 2.24. The highest BCUT2D eigenvalue weighted by atomic mass is 35.5. The van der Waals surface area contributed by atoms with Crippen LogP contribution in [0.4, 0.5) is 4.79 Å². The molecule has 0 fully saturated rings. The third-order valence-corrected chi connectivity index (χ3v) is 6.35. The Labute approximate surface area is 230 Å². The number of methoxy groups -OCH3 is 1. The summed E-state index contributed by atoms with van der Waals surface area (Å²) >= 11 is 6.10. The zero-order chi connectivity index (χ0) is 27.9. The van der Waals surface area contributed by atoms with E-state index < -0.39 is 17.8 Å². The lowest BCUT2D eigenvalue weighted by Gasteiger charge is -2.33. The van der Waals surface area contributed by atoms with Gasteiger partial charge in [0.25, 0.3) is 0 Å². The Balaban J connectivity index is 1.73. The molecular formula is C31H36ClNO5. The highest BCUT2D eigenvalue weighted by Gasteiger charge is 2.28. The second-order valence-electron chi connectivity index (χ2n) is 10.4. The Morgan fingerprint density at radius 2 is 1.53 bits per heavy atom. The number of carbonyl (C=O) groups is 2. The lowest BCUT2D eigenvalue weighted by Crippen LogP contribution is -2.45. The van der Waals surface area contributed by atoms with E-state index >= 15 is 0 Å². The van der Waals surface area contributed by atoms with Gasteiger partial charge in [-0.3, -0.25) is 4.79 Å². The maximum atomic E-state index is 13.1. The van der Waals surface area contributed by atoms with Crippen LogP contribution in [0.1, 0.15) is 50.5 Å². The number of amides is 1. The molecule has 0 saturated carbocycles. The Morgan fingerprint density at radius 1 is 0.947 bits per heavy atom. The molecule has 38 heavy (non-hydrogen) atoms. The van der Waals surface area contributed by atoms with Crippen LogP contribution in [0.25, 0.3) is 11.1 Å². The topological polar surface area (TPSA) is 76.1 Å².